The molecular weight excluding hydrogens is 302 g/mol. The molecule has 0 aromatic heterocycles. The number of benzene rings is 2. The molecule has 2 aromatic rings. The van der Waals surface area contributed by atoms with Gasteiger partial charge in [0.15, 0.2) is 0 Å². The Morgan fingerprint density at radius 3 is 2.29 bits per heavy atom. The van der Waals surface area contributed by atoms with Crippen molar-refractivity contribution >= 4 is 0 Å². The van der Waals surface area contributed by atoms with Gasteiger partial charge in [0.05, 0.1) is 18.8 Å². The minimum absolute atomic E-state index is 0.700. The molecule has 4 nitrogen and oxygen atoms in total. The third-order valence-corrected chi connectivity index (χ3v) is 4.47. The Morgan fingerprint density at radius 1 is 1.00 bits per heavy atom. The number of rotatable bonds is 6. The van der Waals surface area contributed by atoms with Crippen molar-refractivity contribution in [3.8, 4) is 11.5 Å². The van der Waals surface area contributed by atoms with Gasteiger partial charge in [-0.15, -0.1) is 0 Å². The molecule has 1 aliphatic heterocycles. The molecule has 24 heavy (non-hydrogen) atoms. The maximum absolute atomic E-state index is 10.8. The third kappa shape index (κ3) is 4.57. The van der Waals surface area contributed by atoms with Gasteiger partial charge in [0.25, 0.3) is 0 Å². The largest absolute Gasteiger partial charge is 0.457 e. The first-order chi connectivity index (χ1) is 11.6. The number of nitrogens with zero attached hydrogens (tertiary/aromatic N) is 1. The molecule has 1 aliphatic rings. The lowest BCUT2D eigenvalue weighted by Gasteiger charge is -2.31. The minimum Gasteiger partial charge on any atom is -0.457 e. The predicted octanol–water partition coefficient (Wildman–Crippen LogP) is 3.41. The summed E-state index contributed by atoms with van der Waals surface area (Å²) in [7, 11) is 0. The van der Waals surface area contributed by atoms with Crippen molar-refractivity contribution in [3.63, 3.8) is 0 Å². The van der Waals surface area contributed by atoms with Gasteiger partial charge in [0.2, 0.25) is 0 Å². The summed E-state index contributed by atoms with van der Waals surface area (Å²) < 4.78 is 11.2. The SMILES string of the molecule is CC(O)(CCN1CCOCC1)c1ccc(Oc2ccccc2)cc1. The zero-order chi connectivity index (χ0) is 16.8. The summed E-state index contributed by atoms with van der Waals surface area (Å²) in [6.07, 6.45) is 0.700. The predicted molar refractivity (Wildman–Crippen MR) is 94.4 cm³/mol. The molecule has 0 saturated carbocycles. The fourth-order valence-corrected chi connectivity index (χ4v) is 2.85. The van der Waals surface area contributed by atoms with Crippen molar-refractivity contribution in [3.05, 3.63) is 60.2 Å². The highest BCUT2D eigenvalue weighted by molar-refractivity contribution is 5.34. The molecule has 1 heterocycles. The summed E-state index contributed by atoms with van der Waals surface area (Å²) in [5.41, 5.74) is 0.0695. The van der Waals surface area contributed by atoms with Crippen LogP contribution in [0.15, 0.2) is 54.6 Å². The van der Waals surface area contributed by atoms with Crippen molar-refractivity contribution in [1.29, 1.82) is 0 Å². The van der Waals surface area contributed by atoms with Crippen LogP contribution in [0.1, 0.15) is 18.9 Å². The molecule has 4 heteroatoms. The number of aliphatic hydroxyl groups is 1. The Hall–Kier alpha value is -1.88. The second kappa shape index (κ2) is 7.79. The third-order valence-electron chi connectivity index (χ3n) is 4.47. The van der Waals surface area contributed by atoms with Crippen LogP contribution in [-0.2, 0) is 10.3 Å². The molecule has 0 spiro atoms. The van der Waals surface area contributed by atoms with Gasteiger partial charge in [0.1, 0.15) is 11.5 Å². The van der Waals surface area contributed by atoms with E-state index >= 15 is 0 Å². The zero-order valence-corrected chi connectivity index (χ0v) is 14.1. The van der Waals surface area contributed by atoms with E-state index in [9.17, 15) is 5.11 Å². The van der Waals surface area contributed by atoms with Crippen LogP contribution < -0.4 is 4.74 Å². The van der Waals surface area contributed by atoms with Crippen molar-refractivity contribution in [1.82, 2.24) is 4.90 Å². The van der Waals surface area contributed by atoms with Crippen LogP contribution in [0, 0.1) is 0 Å². The number of morpholine rings is 1. The average molecular weight is 327 g/mol. The second-order valence-corrected chi connectivity index (χ2v) is 6.42. The Kier molecular flexibility index (Phi) is 5.51. The lowest BCUT2D eigenvalue weighted by atomic mass is 9.92. The normalized spacial score (nSPS) is 18.1. The maximum Gasteiger partial charge on any atom is 0.127 e. The Morgan fingerprint density at radius 2 is 1.62 bits per heavy atom. The highest BCUT2D eigenvalue weighted by Gasteiger charge is 2.24. The van der Waals surface area contributed by atoms with Crippen LogP contribution in [0.2, 0.25) is 0 Å². The van der Waals surface area contributed by atoms with Crippen LogP contribution in [-0.4, -0.2) is 42.9 Å². The second-order valence-electron chi connectivity index (χ2n) is 6.42. The van der Waals surface area contributed by atoms with Gasteiger partial charge < -0.3 is 14.6 Å². The van der Waals surface area contributed by atoms with E-state index in [4.69, 9.17) is 9.47 Å². The van der Waals surface area contributed by atoms with Crippen LogP contribution >= 0.6 is 0 Å². The van der Waals surface area contributed by atoms with E-state index in [2.05, 4.69) is 4.90 Å². The first-order valence-corrected chi connectivity index (χ1v) is 8.49. The molecule has 3 rings (SSSR count). The molecule has 2 aromatic carbocycles. The average Bonchev–Trinajstić information content (AvgIpc) is 2.62. The number of hydrogen-bond donors (Lipinski definition) is 1. The monoisotopic (exact) mass is 327 g/mol. The fourth-order valence-electron chi connectivity index (χ4n) is 2.85. The Balaban J connectivity index is 1.58. The molecule has 0 aliphatic carbocycles. The molecule has 1 unspecified atom stereocenters. The van der Waals surface area contributed by atoms with E-state index in [0.717, 1.165) is 49.9 Å². The fraction of sp³-hybridized carbons (Fsp3) is 0.400. The molecule has 0 bridgehead atoms. The standard InChI is InChI=1S/C20H25NO3/c1-20(22,11-12-21-13-15-23-16-14-21)17-7-9-19(10-8-17)24-18-5-3-2-4-6-18/h2-10,22H,11-16H2,1H3. The van der Waals surface area contributed by atoms with Gasteiger partial charge in [-0.3, -0.25) is 4.90 Å². The molecule has 1 saturated heterocycles. The summed E-state index contributed by atoms with van der Waals surface area (Å²) in [4.78, 5) is 2.34. The molecular formula is C20H25NO3. The Labute approximate surface area is 143 Å². The molecule has 128 valence electrons. The summed E-state index contributed by atoms with van der Waals surface area (Å²) in [6.45, 7) is 6.21. The van der Waals surface area contributed by atoms with Gasteiger partial charge >= 0.3 is 0 Å². The molecule has 1 atom stereocenters. The molecule has 1 fully saturated rings. The van der Waals surface area contributed by atoms with Gasteiger partial charge in [0, 0.05) is 19.6 Å². The first-order valence-electron chi connectivity index (χ1n) is 8.49. The topological polar surface area (TPSA) is 41.9 Å². The highest BCUT2D eigenvalue weighted by atomic mass is 16.5. The van der Waals surface area contributed by atoms with Crippen LogP contribution in [0.3, 0.4) is 0 Å². The first kappa shape index (κ1) is 17.0. The van der Waals surface area contributed by atoms with Gasteiger partial charge in [-0.1, -0.05) is 30.3 Å². The van der Waals surface area contributed by atoms with Crippen molar-refractivity contribution < 1.29 is 14.6 Å². The summed E-state index contributed by atoms with van der Waals surface area (Å²) >= 11 is 0. The van der Waals surface area contributed by atoms with E-state index in [1.54, 1.807) is 0 Å². The maximum atomic E-state index is 10.8. The smallest absolute Gasteiger partial charge is 0.127 e. The van der Waals surface area contributed by atoms with Gasteiger partial charge in [-0.25, -0.2) is 0 Å². The highest BCUT2D eigenvalue weighted by Crippen LogP contribution is 2.28. The number of hydrogen-bond acceptors (Lipinski definition) is 4. The van der Waals surface area contributed by atoms with Gasteiger partial charge in [-0.05, 0) is 43.2 Å². The summed E-state index contributed by atoms with van der Waals surface area (Å²) in [5, 5.41) is 10.8. The zero-order valence-electron chi connectivity index (χ0n) is 14.1. The lowest BCUT2D eigenvalue weighted by Crippen LogP contribution is -2.39. The Bertz CT molecular complexity index is 619. The molecule has 0 radical (unpaired) electrons. The quantitative estimate of drug-likeness (QED) is 0.883. The van der Waals surface area contributed by atoms with E-state index in [1.807, 2.05) is 61.5 Å². The summed E-state index contributed by atoms with van der Waals surface area (Å²) in [6, 6.07) is 17.4. The minimum atomic E-state index is -0.844. The van der Waals surface area contributed by atoms with Gasteiger partial charge in [-0.2, -0.15) is 0 Å². The summed E-state index contributed by atoms with van der Waals surface area (Å²) in [5.74, 6) is 1.58. The van der Waals surface area contributed by atoms with Crippen LogP contribution in [0.4, 0.5) is 0 Å². The van der Waals surface area contributed by atoms with Crippen molar-refractivity contribution in [2.45, 2.75) is 18.9 Å². The van der Waals surface area contributed by atoms with Crippen molar-refractivity contribution in [2.24, 2.45) is 0 Å². The van der Waals surface area contributed by atoms with E-state index in [1.165, 1.54) is 0 Å². The van der Waals surface area contributed by atoms with Crippen LogP contribution in [0.25, 0.3) is 0 Å². The van der Waals surface area contributed by atoms with E-state index < -0.39 is 5.60 Å². The van der Waals surface area contributed by atoms with Crippen molar-refractivity contribution in [2.75, 3.05) is 32.8 Å². The van der Waals surface area contributed by atoms with E-state index in [0.29, 0.717) is 6.42 Å². The lowest BCUT2D eigenvalue weighted by molar-refractivity contribution is 0.00548. The molecule has 0 amide bonds. The van der Waals surface area contributed by atoms with Crippen LogP contribution in [0.5, 0.6) is 11.5 Å². The number of para-hydroxylation sites is 1. The molecule has 1 N–H and O–H groups in total. The van der Waals surface area contributed by atoms with E-state index in [-0.39, 0.29) is 0 Å². The number of ether oxygens (including phenoxy) is 2.